The van der Waals surface area contributed by atoms with E-state index < -0.39 is 58.5 Å². The first-order chi connectivity index (χ1) is 18.4. The number of ether oxygens (including phenoxy) is 2. The lowest BCUT2D eigenvalue weighted by Gasteiger charge is -2.28. The zero-order chi connectivity index (χ0) is 28.2. The fourth-order valence-corrected chi connectivity index (χ4v) is 5.21. The minimum absolute atomic E-state index is 0.0195. The number of Topliss-reactive ketones (excluding diaryl/α,β-unsaturated/α-hetero) is 5. The number of fused-ring (bicyclic) bond motifs is 2. The number of amides is 1. The van der Waals surface area contributed by atoms with Crippen molar-refractivity contribution in [1.29, 1.82) is 0 Å². The summed E-state index contributed by atoms with van der Waals surface area (Å²) in [4.78, 5) is 89.4. The van der Waals surface area contributed by atoms with Gasteiger partial charge in [-0.2, -0.15) is 0 Å². The van der Waals surface area contributed by atoms with Crippen molar-refractivity contribution in [2.75, 3.05) is 6.54 Å². The van der Waals surface area contributed by atoms with Gasteiger partial charge in [0.15, 0.2) is 28.9 Å². The van der Waals surface area contributed by atoms with Gasteiger partial charge < -0.3 is 14.3 Å². The number of hydrogen-bond acceptors (Lipinski definition) is 9. The van der Waals surface area contributed by atoms with Crippen LogP contribution in [0.1, 0.15) is 75.0 Å². The summed E-state index contributed by atoms with van der Waals surface area (Å²) in [5.74, 6) is -5.70. The topological polar surface area (TPSA) is 141 Å². The van der Waals surface area contributed by atoms with E-state index >= 15 is 0 Å². The SMILES string of the molecule is CC(C)(C)OC(=O)N1CCC[C@@H]1C(=O)C1C(=O)c2ccc(Oc3ccc4c(c3)C(=O)C(C=O)C4=O)cc2C1=O. The van der Waals surface area contributed by atoms with Crippen molar-refractivity contribution in [2.45, 2.75) is 45.3 Å². The minimum Gasteiger partial charge on any atom is -0.457 e. The van der Waals surface area contributed by atoms with Crippen molar-refractivity contribution in [1.82, 2.24) is 4.90 Å². The van der Waals surface area contributed by atoms with Gasteiger partial charge in [0, 0.05) is 28.8 Å². The number of likely N-dealkylation sites (tertiary alicyclic amines) is 1. The second-order valence-electron chi connectivity index (χ2n) is 10.8. The van der Waals surface area contributed by atoms with Crippen LogP contribution in [0.5, 0.6) is 11.5 Å². The van der Waals surface area contributed by atoms with E-state index in [0.29, 0.717) is 19.1 Å². The van der Waals surface area contributed by atoms with Gasteiger partial charge in [-0.1, -0.05) is 0 Å². The third kappa shape index (κ3) is 4.45. The first-order valence-corrected chi connectivity index (χ1v) is 12.5. The summed E-state index contributed by atoms with van der Waals surface area (Å²) in [6, 6.07) is 7.44. The molecule has 0 saturated carbocycles. The Labute approximate surface area is 223 Å². The van der Waals surface area contributed by atoms with Crippen LogP contribution in [0.2, 0.25) is 0 Å². The molecule has 2 unspecified atom stereocenters. The second-order valence-corrected chi connectivity index (χ2v) is 10.8. The Bertz CT molecular complexity index is 1480. The molecule has 0 bridgehead atoms. The first kappa shape index (κ1) is 26.1. The zero-order valence-electron chi connectivity index (χ0n) is 21.5. The quantitative estimate of drug-likeness (QED) is 0.418. The van der Waals surface area contributed by atoms with Crippen LogP contribution < -0.4 is 4.74 Å². The zero-order valence-corrected chi connectivity index (χ0v) is 21.5. The van der Waals surface area contributed by atoms with E-state index in [1.54, 1.807) is 20.8 Å². The maximum Gasteiger partial charge on any atom is 0.410 e. The number of ketones is 5. The van der Waals surface area contributed by atoms with Crippen LogP contribution in [0.4, 0.5) is 4.79 Å². The standard InChI is InChI=1S/C29H25NO9/c1-29(2,3)39-28(37)30-10-4-5-21(30)27(36)22-25(34)17-9-7-15(12-19(17)26(22)35)38-14-6-8-16-18(11-14)24(33)20(13-31)23(16)32/h6-9,11-13,20-22H,4-5,10H2,1-3H3/t20?,21-,22?/m1/s1. The molecule has 10 nitrogen and oxygen atoms in total. The second kappa shape index (κ2) is 9.37. The number of carbonyl (C=O) groups is 7. The van der Waals surface area contributed by atoms with Gasteiger partial charge in [-0.15, -0.1) is 0 Å². The van der Waals surface area contributed by atoms with Crippen molar-refractivity contribution >= 4 is 41.3 Å². The maximum absolute atomic E-state index is 13.4. The Morgan fingerprint density at radius 3 is 1.97 bits per heavy atom. The smallest absolute Gasteiger partial charge is 0.410 e. The van der Waals surface area contributed by atoms with Gasteiger partial charge in [0.25, 0.3) is 0 Å². The summed E-state index contributed by atoms with van der Waals surface area (Å²) in [7, 11) is 0. The van der Waals surface area contributed by atoms with E-state index in [1.165, 1.54) is 41.3 Å². The summed E-state index contributed by atoms with van der Waals surface area (Å²) >= 11 is 0. The van der Waals surface area contributed by atoms with Crippen LogP contribution in [0.3, 0.4) is 0 Å². The molecule has 3 aliphatic rings. The average Bonchev–Trinajstić information content (AvgIpc) is 3.52. The van der Waals surface area contributed by atoms with Crippen LogP contribution in [0, 0.1) is 11.8 Å². The normalized spacial score (nSPS) is 22.1. The number of hydrogen-bond donors (Lipinski definition) is 0. The fraction of sp³-hybridized carbons (Fsp3) is 0.345. The highest BCUT2D eigenvalue weighted by atomic mass is 16.6. The lowest BCUT2D eigenvalue weighted by atomic mass is 9.92. The summed E-state index contributed by atoms with van der Waals surface area (Å²) in [6.07, 6.45) is 0.505. The van der Waals surface area contributed by atoms with Gasteiger partial charge in [0.05, 0.1) is 6.04 Å². The van der Waals surface area contributed by atoms with E-state index in [-0.39, 0.29) is 40.3 Å². The average molecular weight is 532 g/mol. The molecule has 0 N–H and O–H groups in total. The molecule has 1 aliphatic heterocycles. The molecule has 2 aromatic rings. The van der Waals surface area contributed by atoms with Gasteiger partial charge in [0.1, 0.15) is 35.2 Å². The van der Waals surface area contributed by atoms with E-state index in [0.717, 1.165) is 0 Å². The van der Waals surface area contributed by atoms with Crippen LogP contribution in [-0.2, 0) is 14.3 Å². The molecular weight excluding hydrogens is 506 g/mol. The third-order valence-electron chi connectivity index (χ3n) is 7.00. The van der Waals surface area contributed by atoms with Crippen molar-refractivity contribution in [2.24, 2.45) is 11.8 Å². The molecule has 39 heavy (non-hydrogen) atoms. The Balaban J connectivity index is 1.36. The van der Waals surface area contributed by atoms with E-state index in [4.69, 9.17) is 9.47 Å². The highest BCUT2D eigenvalue weighted by molar-refractivity contribution is 6.36. The minimum atomic E-state index is -1.56. The summed E-state index contributed by atoms with van der Waals surface area (Å²) in [5, 5.41) is 0. The van der Waals surface area contributed by atoms with Gasteiger partial charge in [-0.05, 0) is 70.0 Å². The molecule has 3 atom stereocenters. The molecule has 2 aromatic carbocycles. The number of rotatable bonds is 5. The van der Waals surface area contributed by atoms with E-state index in [9.17, 15) is 33.6 Å². The molecule has 1 heterocycles. The maximum atomic E-state index is 13.4. The predicted molar refractivity (Wildman–Crippen MR) is 134 cm³/mol. The molecule has 1 fully saturated rings. The highest BCUT2D eigenvalue weighted by Gasteiger charge is 2.49. The largest absolute Gasteiger partial charge is 0.457 e. The fourth-order valence-electron chi connectivity index (χ4n) is 5.21. The molecule has 0 spiro atoms. The van der Waals surface area contributed by atoms with Gasteiger partial charge in [0.2, 0.25) is 0 Å². The molecule has 1 saturated heterocycles. The van der Waals surface area contributed by atoms with Crippen molar-refractivity contribution in [3.63, 3.8) is 0 Å². The monoisotopic (exact) mass is 531 g/mol. The summed E-state index contributed by atoms with van der Waals surface area (Å²) < 4.78 is 11.2. The Morgan fingerprint density at radius 1 is 0.846 bits per heavy atom. The number of carbonyl (C=O) groups excluding carboxylic acids is 7. The predicted octanol–water partition coefficient (Wildman–Crippen LogP) is 3.64. The lowest BCUT2D eigenvalue weighted by Crippen LogP contribution is -2.47. The molecule has 0 radical (unpaired) electrons. The molecule has 2 aliphatic carbocycles. The van der Waals surface area contributed by atoms with Crippen molar-refractivity contribution < 1.29 is 43.0 Å². The van der Waals surface area contributed by atoms with Crippen LogP contribution in [-0.4, -0.2) is 64.4 Å². The van der Waals surface area contributed by atoms with Gasteiger partial charge >= 0.3 is 6.09 Å². The molecule has 1 amide bonds. The summed E-state index contributed by atoms with van der Waals surface area (Å²) in [5.41, 5.74) is -0.467. The Hall–Kier alpha value is -4.47. The van der Waals surface area contributed by atoms with E-state index in [1.807, 2.05) is 0 Å². The molecule has 200 valence electrons. The molecule has 10 heteroatoms. The van der Waals surface area contributed by atoms with Crippen LogP contribution in [0.15, 0.2) is 36.4 Å². The Morgan fingerprint density at radius 2 is 1.38 bits per heavy atom. The van der Waals surface area contributed by atoms with Crippen LogP contribution in [0.25, 0.3) is 0 Å². The van der Waals surface area contributed by atoms with E-state index in [2.05, 4.69) is 0 Å². The van der Waals surface area contributed by atoms with Crippen molar-refractivity contribution in [3.8, 4) is 11.5 Å². The van der Waals surface area contributed by atoms with Gasteiger partial charge in [-0.25, -0.2) is 4.79 Å². The van der Waals surface area contributed by atoms with Gasteiger partial charge in [-0.3, -0.25) is 28.9 Å². The molecule has 5 rings (SSSR count). The lowest BCUT2D eigenvalue weighted by molar-refractivity contribution is -0.124. The highest BCUT2D eigenvalue weighted by Crippen LogP contribution is 2.36. The molecular formula is C29H25NO9. The third-order valence-corrected chi connectivity index (χ3v) is 7.00. The number of benzene rings is 2. The first-order valence-electron chi connectivity index (χ1n) is 12.5. The summed E-state index contributed by atoms with van der Waals surface area (Å²) in [6.45, 7) is 5.41. The van der Waals surface area contributed by atoms with Crippen molar-refractivity contribution in [3.05, 3.63) is 58.7 Å². The Kier molecular flexibility index (Phi) is 6.28. The number of aldehydes is 1. The molecule has 0 aromatic heterocycles. The van der Waals surface area contributed by atoms with Crippen LogP contribution >= 0.6 is 0 Å². The number of nitrogens with zero attached hydrogens (tertiary/aromatic N) is 1.